The normalized spacial score (nSPS) is 11.1. The third-order valence-electron chi connectivity index (χ3n) is 3.21. The van der Waals surface area contributed by atoms with E-state index in [2.05, 4.69) is 15.4 Å². The highest BCUT2D eigenvalue weighted by Crippen LogP contribution is 2.33. The molecule has 0 unspecified atom stereocenters. The number of amides is 2. The number of benzene rings is 1. The smallest absolute Gasteiger partial charge is 0.407 e. The molecule has 1 aromatic carbocycles. The highest BCUT2D eigenvalue weighted by molar-refractivity contribution is 5.93. The molecule has 0 saturated carbocycles. The molecule has 0 bridgehead atoms. The first kappa shape index (κ1) is 21.7. The third kappa shape index (κ3) is 7.63. The van der Waals surface area contributed by atoms with Crippen LogP contribution in [0.25, 0.3) is 0 Å². The number of rotatable bonds is 7. The SMILES string of the molecule is COC(=O)N[C@H](COC(C)=O)Cc1cc(N)c(OC(C)=O)c(NC(C)=O)c1. The van der Waals surface area contributed by atoms with Crippen LogP contribution in [-0.4, -0.2) is 43.7 Å². The molecule has 0 aliphatic rings. The Morgan fingerprint density at radius 3 is 2.30 bits per heavy atom. The monoisotopic (exact) mass is 381 g/mol. The van der Waals surface area contributed by atoms with Crippen molar-refractivity contribution in [3.8, 4) is 5.75 Å². The predicted octanol–water partition coefficient (Wildman–Crippen LogP) is 0.983. The summed E-state index contributed by atoms with van der Waals surface area (Å²) in [5, 5.41) is 5.09. The Kier molecular flexibility index (Phi) is 8.05. The fraction of sp³-hybridized carbons (Fsp3) is 0.412. The van der Waals surface area contributed by atoms with Crippen molar-refractivity contribution in [3.05, 3.63) is 17.7 Å². The Hall–Kier alpha value is -3.30. The van der Waals surface area contributed by atoms with Crippen LogP contribution in [0.1, 0.15) is 26.3 Å². The van der Waals surface area contributed by atoms with Crippen molar-refractivity contribution in [1.82, 2.24) is 5.32 Å². The van der Waals surface area contributed by atoms with Gasteiger partial charge in [-0.1, -0.05) is 0 Å². The van der Waals surface area contributed by atoms with Crippen molar-refractivity contribution < 1.29 is 33.4 Å². The van der Waals surface area contributed by atoms with Gasteiger partial charge in [-0.2, -0.15) is 0 Å². The maximum Gasteiger partial charge on any atom is 0.407 e. The minimum atomic E-state index is -0.696. The van der Waals surface area contributed by atoms with Gasteiger partial charge in [0.2, 0.25) is 5.91 Å². The van der Waals surface area contributed by atoms with Crippen molar-refractivity contribution in [1.29, 1.82) is 0 Å². The molecule has 1 rings (SSSR count). The molecule has 0 heterocycles. The van der Waals surface area contributed by atoms with Crippen molar-refractivity contribution in [2.75, 3.05) is 24.8 Å². The number of ether oxygens (including phenoxy) is 3. The lowest BCUT2D eigenvalue weighted by molar-refractivity contribution is -0.141. The van der Waals surface area contributed by atoms with Gasteiger partial charge in [-0.15, -0.1) is 0 Å². The van der Waals surface area contributed by atoms with Gasteiger partial charge in [-0.05, 0) is 24.1 Å². The molecule has 0 aromatic heterocycles. The molecule has 0 aliphatic heterocycles. The number of alkyl carbamates (subject to hydrolysis) is 1. The van der Waals surface area contributed by atoms with Crippen LogP contribution in [-0.2, 0) is 30.3 Å². The zero-order chi connectivity index (χ0) is 20.6. The molecule has 4 N–H and O–H groups in total. The molecular formula is C17H23N3O7. The summed E-state index contributed by atoms with van der Waals surface area (Å²) in [4.78, 5) is 45.3. The van der Waals surface area contributed by atoms with Gasteiger partial charge >= 0.3 is 18.0 Å². The summed E-state index contributed by atoms with van der Waals surface area (Å²) in [5.41, 5.74) is 6.87. The van der Waals surface area contributed by atoms with E-state index in [-0.39, 0.29) is 36.1 Å². The van der Waals surface area contributed by atoms with Gasteiger partial charge in [0.1, 0.15) is 6.61 Å². The number of carbonyl (C=O) groups is 4. The van der Waals surface area contributed by atoms with E-state index >= 15 is 0 Å². The van der Waals surface area contributed by atoms with Gasteiger partial charge < -0.3 is 30.6 Å². The average Bonchev–Trinajstić information content (AvgIpc) is 2.54. The molecule has 148 valence electrons. The maximum absolute atomic E-state index is 11.5. The molecule has 10 heteroatoms. The number of esters is 2. The molecule has 0 aliphatic carbocycles. The lowest BCUT2D eigenvalue weighted by Gasteiger charge is -2.19. The van der Waals surface area contributed by atoms with E-state index in [4.69, 9.17) is 15.2 Å². The second-order valence-corrected chi connectivity index (χ2v) is 5.68. The van der Waals surface area contributed by atoms with Crippen LogP contribution < -0.4 is 21.1 Å². The summed E-state index contributed by atoms with van der Waals surface area (Å²) in [6, 6.07) is 2.48. The third-order valence-corrected chi connectivity index (χ3v) is 3.21. The van der Waals surface area contributed by atoms with E-state index in [0.717, 1.165) is 0 Å². The number of nitrogen functional groups attached to an aromatic ring is 1. The van der Waals surface area contributed by atoms with Crippen molar-refractivity contribution in [2.24, 2.45) is 0 Å². The number of anilines is 2. The zero-order valence-electron chi connectivity index (χ0n) is 15.6. The number of nitrogens with one attached hydrogen (secondary N) is 2. The first-order valence-corrected chi connectivity index (χ1v) is 7.98. The molecule has 1 aromatic rings. The molecule has 10 nitrogen and oxygen atoms in total. The van der Waals surface area contributed by atoms with Gasteiger partial charge in [-0.3, -0.25) is 14.4 Å². The molecule has 0 fully saturated rings. The van der Waals surface area contributed by atoms with E-state index in [0.29, 0.717) is 5.56 Å². The largest absolute Gasteiger partial charge is 0.464 e. The number of carbonyl (C=O) groups excluding carboxylic acids is 4. The fourth-order valence-electron chi connectivity index (χ4n) is 2.25. The standard InChI is InChI=1S/C17H23N3O7/c1-9(21)19-15-7-12(6-14(18)16(15)27-11(3)23)5-13(8-26-10(2)22)20-17(24)25-4/h6-7,13H,5,8,18H2,1-4H3,(H,19,21)(H,20,24)/t13-/m0/s1. The molecular weight excluding hydrogens is 358 g/mol. The van der Waals surface area contributed by atoms with Gasteiger partial charge in [0.15, 0.2) is 5.75 Å². The summed E-state index contributed by atoms with van der Waals surface area (Å²) in [6.07, 6.45) is -0.488. The van der Waals surface area contributed by atoms with E-state index in [1.807, 2.05) is 0 Å². The second kappa shape index (κ2) is 10.00. The van der Waals surface area contributed by atoms with Crippen LogP contribution in [0.4, 0.5) is 16.2 Å². The van der Waals surface area contributed by atoms with Crippen LogP contribution in [0.3, 0.4) is 0 Å². The summed E-state index contributed by atoms with van der Waals surface area (Å²) in [7, 11) is 1.21. The minimum absolute atomic E-state index is 0.0268. The van der Waals surface area contributed by atoms with Crippen LogP contribution in [0.2, 0.25) is 0 Å². The Morgan fingerprint density at radius 2 is 1.78 bits per heavy atom. The number of methoxy groups -OCH3 is 1. The number of nitrogens with two attached hydrogens (primary N) is 1. The molecule has 2 amide bonds. The van der Waals surface area contributed by atoms with Gasteiger partial charge in [0.05, 0.1) is 24.5 Å². The Labute approximate surface area is 156 Å². The molecule has 27 heavy (non-hydrogen) atoms. The van der Waals surface area contributed by atoms with E-state index in [1.165, 1.54) is 33.9 Å². The first-order valence-electron chi connectivity index (χ1n) is 7.98. The first-order chi connectivity index (χ1) is 12.6. The topological polar surface area (TPSA) is 146 Å². The van der Waals surface area contributed by atoms with Crippen molar-refractivity contribution in [2.45, 2.75) is 33.2 Å². The Bertz CT molecular complexity index is 733. The summed E-state index contributed by atoms with van der Waals surface area (Å²) < 4.78 is 14.6. The van der Waals surface area contributed by atoms with Gasteiger partial charge in [0.25, 0.3) is 0 Å². The highest BCUT2D eigenvalue weighted by atomic mass is 16.5. The van der Waals surface area contributed by atoms with Gasteiger partial charge in [-0.25, -0.2) is 4.79 Å². The molecule has 0 saturated heterocycles. The van der Waals surface area contributed by atoms with Crippen LogP contribution in [0.15, 0.2) is 12.1 Å². The van der Waals surface area contributed by atoms with E-state index in [9.17, 15) is 19.2 Å². The predicted molar refractivity (Wildman–Crippen MR) is 96.1 cm³/mol. The highest BCUT2D eigenvalue weighted by Gasteiger charge is 2.19. The maximum atomic E-state index is 11.5. The Balaban J connectivity index is 3.14. The van der Waals surface area contributed by atoms with Crippen LogP contribution >= 0.6 is 0 Å². The molecule has 1 atom stereocenters. The zero-order valence-corrected chi connectivity index (χ0v) is 15.6. The number of hydrogen-bond acceptors (Lipinski definition) is 8. The molecule has 0 radical (unpaired) electrons. The quantitative estimate of drug-likeness (QED) is 0.360. The summed E-state index contributed by atoms with van der Waals surface area (Å²) >= 11 is 0. The van der Waals surface area contributed by atoms with E-state index in [1.54, 1.807) is 6.07 Å². The molecule has 0 spiro atoms. The van der Waals surface area contributed by atoms with Crippen LogP contribution in [0, 0.1) is 0 Å². The van der Waals surface area contributed by atoms with E-state index < -0.39 is 24.1 Å². The lowest BCUT2D eigenvalue weighted by Crippen LogP contribution is -2.40. The van der Waals surface area contributed by atoms with Crippen molar-refractivity contribution >= 4 is 35.3 Å². The second-order valence-electron chi connectivity index (χ2n) is 5.68. The van der Waals surface area contributed by atoms with Gasteiger partial charge in [0, 0.05) is 20.8 Å². The average molecular weight is 381 g/mol. The minimum Gasteiger partial charge on any atom is -0.464 e. The fourth-order valence-corrected chi connectivity index (χ4v) is 2.25. The summed E-state index contributed by atoms with van der Waals surface area (Å²) in [5.74, 6) is -1.46. The van der Waals surface area contributed by atoms with Crippen molar-refractivity contribution in [3.63, 3.8) is 0 Å². The lowest BCUT2D eigenvalue weighted by atomic mass is 10.0. The Morgan fingerprint density at radius 1 is 1.11 bits per heavy atom. The number of hydrogen-bond donors (Lipinski definition) is 3. The van der Waals surface area contributed by atoms with Crippen LogP contribution in [0.5, 0.6) is 5.75 Å². The summed E-state index contributed by atoms with van der Waals surface area (Å²) in [6.45, 7) is 3.66.